The number of rotatable bonds is 6. The van der Waals surface area contributed by atoms with E-state index in [2.05, 4.69) is 0 Å². The fourth-order valence-electron chi connectivity index (χ4n) is 2.24. The largest absolute Gasteiger partial charge is 0.497 e. The molecule has 2 aromatic rings. The van der Waals surface area contributed by atoms with Crippen molar-refractivity contribution in [2.75, 3.05) is 7.11 Å². The maximum Gasteiger partial charge on any atom is 0.269 e. The summed E-state index contributed by atoms with van der Waals surface area (Å²) < 4.78 is 5.04. The molecule has 0 radical (unpaired) electrons. The van der Waals surface area contributed by atoms with Gasteiger partial charge >= 0.3 is 0 Å². The highest BCUT2D eigenvalue weighted by Crippen LogP contribution is 2.27. The fraction of sp³-hybridized carbons (Fsp3) is 0.235. The van der Waals surface area contributed by atoms with E-state index in [1.165, 1.54) is 31.4 Å². The number of benzene rings is 2. The quantitative estimate of drug-likeness (QED) is 0.502. The lowest BCUT2D eigenvalue weighted by Gasteiger charge is -2.18. The van der Waals surface area contributed by atoms with Crippen molar-refractivity contribution in [3.8, 4) is 5.75 Å². The van der Waals surface area contributed by atoms with Gasteiger partial charge in [0, 0.05) is 23.6 Å². The first-order chi connectivity index (χ1) is 10.9. The van der Waals surface area contributed by atoms with Crippen LogP contribution < -0.4 is 4.74 Å². The second-order valence-electron chi connectivity index (χ2n) is 5.17. The van der Waals surface area contributed by atoms with Gasteiger partial charge in [-0.2, -0.15) is 0 Å². The molecular weight excluding hydrogens is 298 g/mol. The number of ether oxygens (including phenoxy) is 1. The highest BCUT2D eigenvalue weighted by molar-refractivity contribution is 5.98. The molecule has 0 saturated heterocycles. The highest BCUT2D eigenvalue weighted by atomic mass is 16.6. The summed E-state index contributed by atoms with van der Waals surface area (Å²) >= 11 is 0. The number of methoxy groups -OCH3 is 1. The average Bonchev–Trinajstić information content (AvgIpc) is 2.60. The molecule has 2 aromatic carbocycles. The molecule has 0 saturated carbocycles. The standard InChI is InChI=1S/C17H17NO5/c1-11(17(20)13-5-9-15(23-2)10-6-13)16(19)12-3-7-14(8-4-12)18(21)22/h3-11,16,19H,1-2H3/t11-,16-/m0/s1. The molecule has 0 aliphatic carbocycles. The number of hydrogen-bond donors (Lipinski definition) is 1. The van der Waals surface area contributed by atoms with Crippen LogP contribution in [-0.4, -0.2) is 22.9 Å². The minimum absolute atomic E-state index is 0.0601. The maximum atomic E-state index is 12.4. The van der Waals surface area contributed by atoms with Crippen LogP contribution in [0.4, 0.5) is 5.69 Å². The number of non-ortho nitro benzene ring substituents is 1. The van der Waals surface area contributed by atoms with Gasteiger partial charge in [0.2, 0.25) is 0 Å². The Hall–Kier alpha value is -2.73. The van der Waals surface area contributed by atoms with Crippen LogP contribution >= 0.6 is 0 Å². The zero-order valence-electron chi connectivity index (χ0n) is 12.8. The van der Waals surface area contributed by atoms with E-state index in [0.29, 0.717) is 16.9 Å². The summed E-state index contributed by atoms with van der Waals surface area (Å²) in [5, 5.41) is 21.0. The number of ketones is 1. The Labute approximate surface area is 133 Å². The van der Waals surface area contributed by atoms with Gasteiger partial charge in [-0.1, -0.05) is 6.92 Å². The number of nitro groups is 1. The van der Waals surface area contributed by atoms with E-state index >= 15 is 0 Å². The van der Waals surface area contributed by atoms with Crippen LogP contribution in [0.1, 0.15) is 28.9 Å². The molecule has 1 N–H and O–H groups in total. The Morgan fingerprint density at radius 3 is 2.17 bits per heavy atom. The van der Waals surface area contributed by atoms with Crippen molar-refractivity contribution >= 4 is 11.5 Å². The smallest absolute Gasteiger partial charge is 0.269 e. The van der Waals surface area contributed by atoms with Gasteiger partial charge in [-0.15, -0.1) is 0 Å². The third-order valence-electron chi connectivity index (χ3n) is 3.71. The van der Waals surface area contributed by atoms with Crippen LogP contribution in [-0.2, 0) is 0 Å². The van der Waals surface area contributed by atoms with E-state index in [1.54, 1.807) is 31.2 Å². The van der Waals surface area contributed by atoms with Crippen LogP contribution in [0, 0.1) is 16.0 Å². The van der Waals surface area contributed by atoms with E-state index in [4.69, 9.17) is 4.74 Å². The molecule has 6 nitrogen and oxygen atoms in total. The van der Waals surface area contributed by atoms with Crippen molar-refractivity contribution < 1.29 is 19.6 Å². The first-order valence-electron chi connectivity index (χ1n) is 7.04. The Kier molecular flexibility index (Phi) is 5.08. The van der Waals surface area contributed by atoms with Crippen LogP contribution in [0.15, 0.2) is 48.5 Å². The molecule has 0 amide bonds. The predicted molar refractivity (Wildman–Crippen MR) is 84.5 cm³/mol. The molecular formula is C17H17NO5. The lowest BCUT2D eigenvalue weighted by atomic mass is 9.90. The van der Waals surface area contributed by atoms with Crippen LogP contribution in [0.2, 0.25) is 0 Å². The van der Waals surface area contributed by atoms with Crippen molar-refractivity contribution in [2.45, 2.75) is 13.0 Å². The summed E-state index contributed by atoms with van der Waals surface area (Å²) in [6.45, 7) is 1.62. The topological polar surface area (TPSA) is 89.7 Å². The molecule has 0 spiro atoms. The molecule has 0 aliphatic heterocycles. The van der Waals surface area contributed by atoms with Crippen molar-refractivity contribution in [1.29, 1.82) is 0 Å². The van der Waals surface area contributed by atoms with Gasteiger partial charge in [0.05, 0.1) is 18.1 Å². The Morgan fingerprint density at radius 1 is 1.13 bits per heavy atom. The van der Waals surface area contributed by atoms with Crippen LogP contribution in [0.25, 0.3) is 0 Å². The summed E-state index contributed by atoms with van der Waals surface area (Å²) in [6, 6.07) is 12.2. The van der Waals surface area contributed by atoms with Crippen LogP contribution in [0.5, 0.6) is 5.75 Å². The third-order valence-corrected chi connectivity index (χ3v) is 3.71. The first-order valence-corrected chi connectivity index (χ1v) is 7.04. The summed E-state index contributed by atoms with van der Waals surface area (Å²) in [5.74, 6) is -0.242. The van der Waals surface area contributed by atoms with Crippen molar-refractivity contribution in [2.24, 2.45) is 5.92 Å². The maximum absolute atomic E-state index is 12.4. The third kappa shape index (κ3) is 3.73. The van der Waals surface area contributed by atoms with Gasteiger partial charge in [-0.3, -0.25) is 14.9 Å². The molecule has 23 heavy (non-hydrogen) atoms. The fourth-order valence-corrected chi connectivity index (χ4v) is 2.24. The summed E-state index contributed by atoms with van der Waals surface area (Å²) in [7, 11) is 1.54. The Bertz CT molecular complexity index is 694. The Balaban J connectivity index is 2.15. The SMILES string of the molecule is COc1ccc(C(=O)[C@@H](C)[C@H](O)c2ccc([N+](=O)[O-])cc2)cc1. The zero-order valence-corrected chi connectivity index (χ0v) is 12.8. The number of carbonyl (C=O) groups excluding carboxylic acids is 1. The van der Waals surface area contributed by atoms with Gasteiger partial charge in [0.25, 0.3) is 5.69 Å². The lowest BCUT2D eigenvalue weighted by Crippen LogP contribution is -2.19. The van der Waals surface area contributed by atoms with Gasteiger partial charge in [-0.25, -0.2) is 0 Å². The lowest BCUT2D eigenvalue weighted by molar-refractivity contribution is -0.384. The number of aliphatic hydroxyl groups excluding tert-OH is 1. The molecule has 2 atom stereocenters. The minimum Gasteiger partial charge on any atom is -0.497 e. The van der Waals surface area contributed by atoms with E-state index in [9.17, 15) is 20.0 Å². The molecule has 6 heteroatoms. The molecule has 0 fully saturated rings. The van der Waals surface area contributed by atoms with E-state index in [0.717, 1.165) is 0 Å². The minimum atomic E-state index is -1.04. The van der Waals surface area contributed by atoms with E-state index < -0.39 is 16.9 Å². The van der Waals surface area contributed by atoms with Gasteiger partial charge in [0.1, 0.15) is 5.75 Å². The number of carbonyl (C=O) groups is 1. The number of aliphatic hydroxyl groups is 1. The predicted octanol–water partition coefficient (Wildman–Crippen LogP) is 3.16. The first kappa shape index (κ1) is 16.6. The van der Waals surface area contributed by atoms with Gasteiger partial charge < -0.3 is 9.84 Å². The van der Waals surface area contributed by atoms with Crippen molar-refractivity contribution in [1.82, 2.24) is 0 Å². The molecule has 0 unspecified atom stereocenters. The van der Waals surface area contributed by atoms with Crippen molar-refractivity contribution in [3.05, 3.63) is 69.8 Å². The molecule has 0 bridgehead atoms. The van der Waals surface area contributed by atoms with E-state index in [-0.39, 0.29) is 11.5 Å². The van der Waals surface area contributed by atoms with E-state index in [1.807, 2.05) is 0 Å². The highest BCUT2D eigenvalue weighted by Gasteiger charge is 2.25. The molecule has 0 aromatic heterocycles. The van der Waals surface area contributed by atoms with Crippen LogP contribution in [0.3, 0.4) is 0 Å². The summed E-state index contributed by atoms with van der Waals surface area (Å²) in [6.07, 6.45) is -1.04. The second kappa shape index (κ2) is 7.02. The molecule has 120 valence electrons. The van der Waals surface area contributed by atoms with Gasteiger partial charge in [-0.05, 0) is 42.0 Å². The summed E-state index contributed by atoms with van der Waals surface area (Å²) in [5.41, 5.74) is 0.874. The number of nitrogens with zero attached hydrogens (tertiary/aromatic N) is 1. The average molecular weight is 315 g/mol. The summed E-state index contributed by atoms with van der Waals surface area (Å²) in [4.78, 5) is 22.6. The second-order valence-corrected chi connectivity index (χ2v) is 5.17. The van der Waals surface area contributed by atoms with Gasteiger partial charge in [0.15, 0.2) is 5.78 Å². The molecule has 0 aliphatic rings. The zero-order chi connectivity index (χ0) is 17.0. The monoisotopic (exact) mass is 315 g/mol. The number of Topliss-reactive ketones (excluding diaryl/α,β-unsaturated/α-hetero) is 1. The molecule has 0 heterocycles. The Morgan fingerprint density at radius 2 is 1.70 bits per heavy atom. The number of nitro benzene ring substituents is 1. The molecule has 2 rings (SSSR count). The van der Waals surface area contributed by atoms with Crippen molar-refractivity contribution in [3.63, 3.8) is 0 Å². The normalized spacial score (nSPS) is 13.2. The number of hydrogen-bond acceptors (Lipinski definition) is 5.